The predicted octanol–water partition coefficient (Wildman–Crippen LogP) is 1.85. The zero-order valence-corrected chi connectivity index (χ0v) is 10.4. The maximum Gasteiger partial charge on any atom is 0.240 e. The smallest absolute Gasteiger partial charge is 0.240 e. The molecule has 2 heterocycles. The molecule has 1 amide bonds. The van der Waals surface area contributed by atoms with Crippen molar-refractivity contribution in [3.8, 4) is 0 Å². The van der Waals surface area contributed by atoms with Crippen LogP contribution in [0.3, 0.4) is 0 Å². The summed E-state index contributed by atoms with van der Waals surface area (Å²) in [6.45, 7) is 4.56. The van der Waals surface area contributed by atoms with Gasteiger partial charge in [-0.25, -0.2) is 0 Å². The molecule has 0 unspecified atom stereocenters. The minimum Gasteiger partial charge on any atom is -0.336 e. The Kier molecular flexibility index (Phi) is 3.96. The van der Waals surface area contributed by atoms with E-state index in [9.17, 15) is 4.79 Å². The predicted molar refractivity (Wildman–Crippen MR) is 66.4 cm³/mol. The number of hydrogen-bond acceptors (Lipinski definition) is 3. The van der Waals surface area contributed by atoms with E-state index >= 15 is 0 Å². The normalized spacial score (nSPS) is 19.9. The summed E-state index contributed by atoms with van der Waals surface area (Å²) in [5.74, 6) is 0.258. The van der Waals surface area contributed by atoms with Crippen LogP contribution in [0, 0.1) is 0 Å². The highest BCUT2D eigenvalue weighted by Crippen LogP contribution is 2.14. The van der Waals surface area contributed by atoms with Gasteiger partial charge in [-0.15, -0.1) is 11.3 Å². The van der Waals surface area contributed by atoms with E-state index in [0.29, 0.717) is 0 Å². The van der Waals surface area contributed by atoms with E-state index in [1.165, 1.54) is 4.88 Å². The Balaban J connectivity index is 1.96. The maximum absolute atomic E-state index is 12.2. The van der Waals surface area contributed by atoms with E-state index in [1.54, 1.807) is 11.3 Å². The minimum absolute atomic E-state index is 0.0555. The van der Waals surface area contributed by atoms with Gasteiger partial charge in [0, 0.05) is 11.4 Å². The molecule has 16 heavy (non-hydrogen) atoms. The Morgan fingerprint density at radius 2 is 2.56 bits per heavy atom. The first-order valence-corrected chi connectivity index (χ1v) is 6.73. The molecule has 88 valence electrons. The molecule has 1 aromatic rings. The summed E-state index contributed by atoms with van der Waals surface area (Å²) in [5.41, 5.74) is 0. The lowest BCUT2D eigenvalue weighted by atomic mass is 10.2. The molecule has 1 atom stereocenters. The molecule has 0 spiro atoms. The van der Waals surface area contributed by atoms with E-state index < -0.39 is 0 Å². The van der Waals surface area contributed by atoms with Gasteiger partial charge in [0.2, 0.25) is 5.91 Å². The van der Waals surface area contributed by atoms with Gasteiger partial charge in [-0.05, 0) is 37.8 Å². The third-order valence-corrected chi connectivity index (χ3v) is 3.84. The van der Waals surface area contributed by atoms with Gasteiger partial charge < -0.3 is 10.2 Å². The van der Waals surface area contributed by atoms with E-state index in [0.717, 1.165) is 32.5 Å². The molecule has 3 nitrogen and oxygen atoms in total. The van der Waals surface area contributed by atoms with Gasteiger partial charge in [0.15, 0.2) is 0 Å². The fourth-order valence-corrected chi connectivity index (χ4v) is 2.77. The number of likely N-dealkylation sites (N-methyl/N-ethyl adjacent to an activating group) is 1. The first-order chi connectivity index (χ1) is 7.81. The number of rotatable bonds is 4. The number of carbonyl (C=O) groups is 1. The van der Waals surface area contributed by atoms with Crippen LogP contribution in [0.4, 0.5) is 0 Å². The van der Waals surface area contributed by atoms with Crippen molar-refractivity contribution < 1.29 is 4.79 Å². The monoisotopic (exact) mass is 238 g/mol. The third-order valence-electron chi connectivity index (χ3n) is 2.98. The summed E-state index contributed by atoms with van der Waals surface area (Å²) >= 11 is 1.71. The first-order valence-electron chi connectivity index (χ1n) is 5.86. The average Bonchev–Trinajstić information content (AvgIpc) is 2.97. The van der Waals surface area contributed by atoms with Gasteiger partial charge in [-0.2, -0.15) is 0 Å². The molecule has 1 saturated heterocycles. The number of carbonyl (C=O) groups excluding carboxylic acids is 1. The lowest BCUT2D eigenvalue weighted by Crippen LogP contribution is -2.43. The Morgan fingerprint density at radius 3 is 3.12 bits per heavy atom. The van der Waals surface area contributed by atoms with Crippen LogP contribution in [0.1, 0.15) is 24.6 Å². The van der Waals surface area contributed by atoms with Gasteiger partial charge in [-0.1, -0.05) is 6.07 Å². The summed E-state index contributed by atoms with van der Waals surface area (Å²) in [6.07, 6.45) is 2.10. The minimum atomic E-state index is 0.0555. The molecule has 1 N–H and O–H groups in total. The van der Waals surface area contributed by atoms with Crippen LogP contribution in [-0.2, 0) is 11.3 Å². The molecule has 1 aliphatic heterocycles. The molecule has 1 fully saturated rings. The van der Waals surface area contributed by atoms with Crippen molar-refractivity contribution in [2.45, 2.75) is 32.4 Å². The molecule has 0 saturated carbocycles. The fourth-order valence-electron chi connectivity index (χ4n) is 2.05. The van der Waals surface area contributed by atoms with E-state index in [-0.39, 0.29) is 11.9 Å². The molecule has 0 aliphatic carbocycles. The summed E-state index contributed by atoms with van der Waals surface area (Å²) in [6, 6.07) is 4.18. The molecule has 2 rings (SSSR count). The molecule has 0 aromatic carbocycles. The standard InChI is InChI=1S/C12H18N2OS/c1-2-14(9-10-5-4-8-16-10)12(15)11-6-3-7-13-11/h4-5,8,11,13H,2-3,6-7,9H2,1H3/t11-/m1/s1. The van der Waals surface area contributed by atoms with E-state index in [1.807, 2.05) is 17.9 Å². The zero-order valence-electron chi connectivity index (χ0n) is 9.61. The third kappa shape index (κ3) is 2.62. The number of hydrogen-bond donors (Lipinski definition) is 1. The van der Waals surface area contributed by atoms with Crippen molar-refractivity contribution in [1.29, 1.82) is 0 Å². The van der Waals surface area contributed by atoms with Crippen LogP contribution in [-0.4, -0.2) is 29.9 Å². The second-order valence-corrected chi connectivity index (χ2v) is 5.11. The van der Waals surface area contributed by atoms with Gasteiger partial charge in [0.1, 0.15) is 0 Å². The highest BCUT2D eigenvalue weighted by atomic mass is 32.1. The van der Waals surface area contributed by atoms with Crippen LogP contribution in [0.25, 0.3) is 0 Å². The van der Waals surface area contributed by atoms with Gasteiger partial charge in [-0.3, -0.25) is 4.79 Å². The SMILES string of the molecule is CCN(Cc1cccs1)C(=O)[C@H]1CCCN1. The summed E-state index contributed by atoms with van der Waals surface area (Å²) < 4.78 is 0. The first kappa shape index (κ1) is 11.6. The summed E-state index contributed by atoms with van der Waals surface area (Å²) in [4.78, 5) is 15.4. The number of thiophene rings is 1. The summed E-state index contributed by atoms with van der Waals surface area (Å²) in [7, 11) is 0. The molecule has 4 heteroatoms. The van der Waals surface area contributed by atoms with Crippen LogP contribution in [0.5, 0.6) is 0 Å². The number of nitrogens with one attached hydrogen (secondary N) is 1. The molecular formula is C12H18N2OS. The second kappa shape index (κ2) is 5.46. The fraction of sp³-hybridized carbons (Fsp3) is 0.583. The maximum atomic E-state index is 12.2. The van der Waals surface area contributed by atoms with Crippen LogP contribution >= 0.6 is 11.3 Å². The van der Waals surface area contributed by atoms with Crippen molar-refractivity contribution in [2.24, 2.45) is 0 Å². The molecule has 0 radical (unpaired) electrons. The Labute approximate surface area is 100 Å². The second-order valence-electron chi connectivity index (χ2n) is 4.08. The van der Waals surface area contributed by atoms with Crippen LogP contribution < -0.4 is 5.32 Å². The van der Waals surface area contributed by atoms with Crippen molar-refractivity contribution in [2.75, 3.05) is 13.1 Å². The largest absolute Gasteiger partial charge is 0.336 e. The van der Waals surface area contributed by atoms with Crippen molar-refractivity contribution in [3.05, 3.63) is 22.4 Å². The number of nitrogens with zero attached hydrogens (tertiary/aromatic N) is 1. The van der Waals surface area contributed by atoms with Crippen molar-refractivity contribution in [3.63, 3.8) is 0 Å². The average molecular weight is 238 g/mol. The topological polar surface area (TPSA) is 32.3 Å². The summed E-state index contributed by atoms with van der Waals surface area (Å²) in [5, 5.41) is 5.32. The quantitative estimate of drug-likeness (QED) is 0.868. The molecule has 1 aliphatic rings. The lowest BCUT2D eigenvalue weighted by molar-refractivity contribution is -0.133. The molecule has 0 bridgehead atoms. The number of amides is 1. The van der Waals surface area contributed by atoms with Gasteiger partial charge in [0.05, 0.1) is 12.6 Å². The Morgan fingerprint density at radius 1 is 1.69 bits per heavy atom. The van der Waals surface area contributed by atoms with Crippen molar-refractivity contribution >= 4 is 17.2 Å². The zero-order chi connectivity index (χ0) is 11.4. The molecular weight excluding hydrogens is 220 g/mol. The molecule has 1 aromatic heterocycles. The van der Waals surface area contributed by atoms with Gasteiger partial charge >= 0.3 is 0 Å². The Bertz CT molecular complexity index is 331. The van der Waals surface area contributed by atoms with Crippen LogP contribution in [0.15, 0.2) is 17.5 Å². The highest BCUT2D eigenvalue weighted by molar-refractivity contribution is 7.09. The van der Waals surface area contributed by atoms with E-state index in [2.05, 4.69) is 16.8 Å². The van der Waals surface area contributed by atoms with Crippen LogP contribution in [0.2, 0.25) is 0 Å². The van der Waals surface area contributed by atoms with Gasteiger partial charge in [0.25, 0.3) is 0 Å². The highest BCUT2D eigenvalue weighted by Gasteiger charge is 2.26. The lowest BCUT2D eigenvalue weighted by Gasteiger charge is -2.23. The Hall–Kier alpha value is -0.870. The van der Waals surface area contributed by atoms with Crippen molar-refractivity contribution in [1.82, 2.24) is 10.2 Å². The van der Waals surface area contributed by atoms with E-state index in [4.69, 9.17) is 0 Å².